The number of halogens is 3. The fourth-order valence-electron chi connectivity index (χ4n) is 4.16. The van der Waals surface area contributed by atoms with Crippen LogP contribution in [-0.2, 0) is 19.3 Å². The second-order valence-corrected chi connectivity index (χ2v) is 8.30. The van der Waals surface area contributed by atoms with Gasteiger partial charge in [0.2, 0.25) is 0 Å². The molecule has 0 fully saturated rings. The van der Waals surface area contributed by atoms with Crippen molar-refractivity contribution in [3.05, 3.63) is 123 Å². The molecule has 0 saturated carbocycles. The molecule has 0 bridgehead atoms. The summed E-state index contributed by atoms with van der Waals surface area (Å²) in [6, 6.07) is 18.3. The van der Waals surface area contributed by atoms with Crippen molar-refractivity contribution in [3.8, 4) is 11.1 Å². The summed E-state index contributed by atoms with van der Waals surface area (Å²) in [5.41, 5.74) is 5.98. The van der Waals surface area contributed by atoms with Gasteiger partial charge in [0.15, 0.2) is 0 Å². The molecule has 0 radical (unpaired) electrons. The minimum absolute atomic E-state index is 0.0609. The van der Waals surface area contributed by atoms with Crippen molar-refractivity contribution in [2.24, 2.45) is 4.99 Å². The Labute approximate surface area is 194 Å². The number of pyridine rings is 2. The van der Waals surface area contributed by atoms with Crippen LogP contribution in [-0.4, -0.2) is 15.3 Å². The lowest BCUT2D eigenvalue weighted by molar-refractivity contribution is -0.137. The summed E-state index contributed by atoms with van der Waals surface area (Å²) in [4.78, 5) is 21.7. The average Bonchev–Trinajstić information content (AvgIpc) is 3.23. The van der Waals surface area contributed by atoms with Gasteiger partial charge in [0, 0.05) is 35.3 Å². The number of alkyl halides is 3. The second kappa shape index (κ2) is 8.41. The van der Waals surface area contributed by atoms with Crippen LogP contribution >= 0.6 is 0 Å². The Kier molecular flexibility index (Phi) is 5.40. The molecule has 2 aromatic carbocycles. The van der Waals surface area contributed by atoms with Crippen molar-refractivity contribution in [1.82, 2.24) is 9.55 Å². The molecule has 0 spiro atoms. The number of nitrogens with zero attached hydrogens (tertiary/aromatic N) is 3. The van der Waals surface area contributed by atoms with Crippen LogP contribution in [0.15, 0.2) is 88.9 Å². The van der Waals surface area contributed by atoms with Crippen LogP contribution in [0.25, 0.3) is 11.1 Å². The molecule has 5 rings (SSSR count). The molecule has 2 aromatic heterocycles. The number of fused-ring (bicyclic) bond motifs is 1. The van der Waals surface area contributed by atoms with Gasteiger partial charge in [-0.3, -0.25) is 14.8 Å². The molecule has 7 heteroatoms. The molecule has 170 valence electrons. The monoisotopic (exact) mass is 459 g/mol. The highest BCUT2D eigenvalue weighted by Gasteiger charge is 2.30. The van der Waals surface area contributed by atoms with Crippen molar-refractivity contribution in [1.29, 1.82) is 0 Å². The first-order valence-corrected chi connectivity index (χ1v) is 10.8. The molecule has 0 aliphatic carbocycles. The van der Waals surface area contributed by atoms with Crippen LogP contribution in [0.1, 0.15) is 33.5 Å². The molecule has 0 saturated heterocycles. The number of benzene rings is 2. The van der Waals surface area contributed by atoms with E-state index in [1.807, 2.05) is 37.3 Å². The Hall–Kier alpha value is -4.00. The maximum Gasteiger partial charge on any atom is 0.416 e. The number of rotatable bonds is 4. The third kappa shape index (κ3) is 4.29. The van der Waals surface area contributed by atoms with Gasteiger partial charge in [-0.15, -0.1) is 0 Å². The summed E-state index contributed by atoms with van der Waals surface area (Å²) in [7, 11) is 0. The Morgan fingerprint density at radius 3 is 2.53 bits per heavy atom. The maximum absolute atomic E-state index is 13.0. The van der Waals surface area contributed by atoms with Gasteiger partial charge in [0.1, 0.15) is 0 Å². The average molecular weight is 459 g/mol. The number of hydrogen-bond donors (Lipinski definition) is 0. The summed E-state index contributed by atoms with van der Waals surface area (Å²) in [6.45, 7) is 2.60. The Balaban J connectivity index is 1.43. The van der Waals surface area contributed by atoms with Gasteiger partial charge < -0.3 is 4.57 Å². The van der Waals surface area contributed by atoms with Gasteiger partial charge >= 0.3 is 6.18 Å². The van der Waals surface area contributed by atoms with Crippen LogP contribution in [0.4, 0.5) is 13.2 Å². The molecule has 4 nitrogen and oxygen atoms in total. The minimum Gasteiger partial charge on any atom is -0.311 e. The van der Waals surface area contributed by atoms with Crippen molar-refractivity contribution in [3.63, 3.8) is 0 Å². The van der Waals surface area contributed by atoms with E-state index in [9.17, 15) is 18.0 Å². The van der Waals surface area contributed by atoms with E-state index in [0.717, 1.165) is 51.4 Å². The first-order chi connectivity index (χ1) is 16.3. The molecule has 0 unspecified atom stereocenters. The zero-order valence-electron chi connectivity index (χ0n) is 18.3. The third-order valence-corrected chi connectivity index (χ3v) is 5.88. The van der Waals surface area contributed by atoms with Gasteiger partial charge in [-0.1, -0.05) is 24.3 Å². The predicted octanol–water partition coefficient (Wildman–Crippen LogP) is 5.64. The van der Waals surface area contributed by atoms with E-state index in [4.69, 9.17) is 4.99 Å². The van der Waals surface area contributed by atoms with E-state index >= 15 is 0 Å². The van der Waals surface area contributed by atoms with E-state index in [2.05, 4.69) is 4.98 Å². The zero-order valence-corrected chi connectivity index (χ0v) is 18.3. The van der Waals surface area contributed by atoms with Gasteiger partial charge in [0.05, 0.1) is 24.4 Å². The van der Waals surface area contributed by atoms with Crippen LogP contribution in [0.5, 0.6) is 0 Å². The van der Waals surface area contributed by atoms with Crippen molar-refractivity contribution < 1.29 is 13.2 Å². The largest absolute Gasteiger partial charge is 0.416 e. The smallest absolute Gasteiger partial charge is 0.311 e. The highest BCUT2D eigenvalue weighted by molar-refractivity contribution is 6.15. The van der Waals surface area contributed by atoms with Crippen LogP contribution in [0.3, 0.4) is 0 Å². The molecule has 0 atom stereocenters. The highest BCUT2D eigenvalue weighted by atomic mass is 19.4. The van der Waals surface area contributed by atoms with E-state index < -0.39 is 11.7 Å². The van der Waals surface area contributed by atoms with Gasteiger partial charge in [0.25, 0.3) is 5.56 Å². The van der Waals surface area contributed by atoms with Crippen LogP contribution in [0.2, 0.25) is 0 Å². The second-order valence-electron chi connectivity index (χ2n) is 8.30. The SMILES string of the molecule is Cc1cc(C2=NCc3ccc(-c4ccn(Cc5cccc(C(F)(F)F)c5)c(=O)c4)cc32)ccn1. The molecule has 0 N–H and O–H groups in total. The van der Waals surface area contributed by atoms with Crippen molar-refractivity contribution in [2.75, 3.05) is 0 Å². The van der Waals surface area contributed by atoms with Crippen LogP contribution < -0.4 is 5.56 Å². The zero-order chi connectivity index (χ0) is 23.9. The lowest BCUT2D eigenvalue weighted by Gasteiger charge is -2.11. The Bertz CT molecular complexity index is 1490. The van der Waals surface area contributed by atoms with Crippen LogP contribution in [0, 0.1) is 6.92 Å². The van der Waals surface area contributed by atoms with Crippen molar-refractivity contribution in [2.45, 2.75) is 26.2 Å². The van der Waals surface area contributed by atoms with E-state index in [-0.39, 0.29) is 12.1 Å². The number of hydrogen-bond acceptors (Lipinski definition) is 3. The summed E-state index contributed by atoms with van der Waals surface area (Å²) in [6.07, 6.45) is -1.04. The molecule has 34 heavy (non-hydrogen) atoms. The first kappa shape index (κ1) is 21.8. The van der Waals surface area contributed by atoms with E-state index in [1.165, 1.54) is 16.7 Å². The van der Waals surface area contributed by atoms with E-state index in [0.29, 0.717) is 12.1 Å². The molecule has 1 aliphatic heterocycles. The molecule has 0 amide bonds. The maximum atomic E-state index is 13.0. The standard InChI is InChI=1S/C27H20F3N3O/c1-17-11-21(7-9-31-17)26-24-13-19(5-6-22(24)15-32-26)20-8-10-33(25(34)14-20)16-18-3-2-4-23(12-18)27(28,29)30/h2-14H,15-16H2,1H3. The summed E-state index contributed by atoms with van der Waals surface area (Å²) < 4.78 is 40.4. The topological polar surface area (TPSA) is 47.2 Å². The summed E-state index contributed by atoms with van der Waals surface area (Å²) in [5.74, 6) is 0. The number of aliphatic imine (C=N–C) groups is 1. The van der Waals surface area contributed by atoms with E-state index in [1.54, 1.807) is 24.5 Å². The van der Waals surface area contributed by atoms with Gasteiger partial charge in [-0.25, -0.2) is 0 Å². The fraction of sp³-hybridized carbons (Fsp3) is 0.148. The minimum atomic E-state index is -4.42. The molecule has 3 heterocycles. The molecular weight excluding hydrogens is 439 g/mol. The lowest BCUT2D eigenvalue weighted by atomic mass is 9.96. The quantitative estimate of drug-likeness (QED) is 0.397. The Morgan fingerprint density at radius 1 is 0.941 bits per heavy atom. The molecule has 4 aromatic rings. The summed E-state index contributed by atoms with van der Waals surface area (Å²) >= 11 is 0. The van der Waals surface area contributed by atoms with Gasteiger partial charge in [-0.2, -0.15) is 13.2 Å². The number of aryl methyl sites for hydroxylation is 1. The molecular formula is C27H20F3N3O. The lowest BCUT2D eigenvalue weighted by Crippen LogP contribution is -2.19. The first-order valence-electron chi connectivity index (χ1n) is 10.8. The normalized spacial score (nSPS) is 13.0. The molecule has 1 aliphatic rings. The van der Waals surface area contributed by atoms with Gasteiger partial charge in [-0.05, 0) is 65.6 Å². The number of aromatic nitrogens is 2. The van der Waals surface area contributed by atoms with Crippen molar-refractivity contribution >= 4 is 5.71 Å². The predicted molar refractivity (Wildman–Crippen MR) is 125 cm³/mol. The highest BCUT2D eigenvalue weighted by Crippen LogP contribution is 2.30. The third-order valence-electron chi connectivity index (χ3n) is 5.88. The fourth-order valence-corrected chi connectivity index (χ4v) is 4.16. The summed E-state index contributed by atoms with van der Waals surface area (Å²) in [5, 5.41) is 0. The Morgan fingerprint density at radius 2 is 1.76 bits per heavy atom.